The Labute approximate surface area is 130 Å². The topological polar surface area (TPSA) is 41.1 Å². The normalized spacial score (nSPS) is 10.3. The van der Waals surface area contributed by atoms with Crippen LogP contribution < -0.4 is 10.6 Å². The van der Waals surface area contributed by atoms with Gasteiger partial charge in [0.25, 0.3) is 0 Å². The molecule has 0 atom stereocenters. The molecule has 0 aromatic heterocycles. The third-order valence-electron chi connectivity index (χ3n) is 3.07. The minimum atomic E-state index is -0.00974. The lowest BCUT2D eigenvalue weighted by atomic mass is 10.1. The minimum absolute atomic E-state index is 0.00974. The maximum Gasteiger partial charge on any atom is 0.225 e. The highest BCUT2D eigenvalue weighted by molar-refractivity contribution is 6.30. The molecule has 4 heteroatoms. The third-order valence-corrected chi connectivity index (χ3v) is 3.31. The van der Waals surface area contributed by atoms with Gasteiger partial charge in [0.15, 0.2) is 0 Å². The summed E-state index contributed by atoms with van der Waals surface area (Å²) in [7, 11) is 0. The van der Waals surface area contributed by atoms with Crippen molar-refractivity contribution in [3.05, 3.63) is 65.2 Å². The predicted molar refractivity (Wildman–Crippen MR) is 87.7 cm³/mol. The zero-order valence-electron chi connectivity index (χ0n) is 11.8. The standard InChI is InChI=1S/C17H19ClN2O/c18-15-7-4-8-16(13-15)20-17(21)10-12-19-11-9-14-5-2-1-3-6-14/h1-8,13,19H,9-12H2,(H,20,21). The van der Waals surface area contributed by atoms with E-state index < -0.39 is 0 Å². The summed E-state index contributed by atoms with van der Waals surface area (Å²) in [6.45, 7) is 1.54. The molecule has 0 bridgehead atoms. The molecule has 110 valence electrons. The molecule has 2 aromatic rings. The van der Waals surface area contributed by atoms with Gasteiger partial charge in [-0.2, -0.15) is 0 Å². The van der Waals surface area contributed by atoms with E-state index in [0.29, 0.717) is 18.0 Å². The summed E-state index contributed by atoms with van der Waals surface area (Å²) in [6, 6.07) is 17.5. The van der Waals surface area contributed by atoms with Crippen molar-refractivity contribution < 1.29 is 4.79 Å². The first kappa shape index (κ1) is 15.5. The summed E-state index contributed by atoms with van der Waals surface area (Å²) in [4.78, 5) is 11.8. The van der Waals surface area contributed by atoms with Crippen LogP contribution in [0.5, 0.6) is 0 Å². The molecule has 0 unspecified atom stereocenters. The van der Waals surface area contributed by atoms with Crippen LogP contribution >= 0.6 is 11.6 Å². The lowest BCUT2D eigenvalue weighted by Gasteiger charge is -2.07. The van der Waals surface area contributed by atoms with Crippen LogP contribution in [0.3, 0.4) is 0 Å². The zero-order valence-corrected chi connectivity index (χ0v) is 12.6. The summed E-state index contributed by atoms with van der Waals surface area (Å²) < 4.78 is 0. The number of carbonyl (C=O) groups is 1. The molecule has 0 aliphatic rings. The SMILES string of the molecule is O=C(CCNCCc1ccccc1)Nc1cccc(Cl)c1. The fourth-order valence-corrected chi connectivity index (χ4v) is 2.18. The Balaban J connectivity index is 1.61. The van der Waals surface area contributed by atoms with E-state index in [2.05, 4.69) is 22.8 Å². The van der Waals surface area contributed by atoms with E-state index in [1.807, 2.05) is 30.3 Å². The molecule has 0 fully saturated rings. The quantitative estimate of drug-likeness (QED) is 0.769. The highest BCUT2D eigenvalue weighted by Crippen LogP contribution is 2.14. The van der Waals surface area contributed by atoms with Crippen molar-refractivity contribution >= 4 is 23.2 Å². The molecule has 0 radical (unpaired) electrons. The van der Waals surface area contributed by atoms with Gasteiger partial charge in [-0.25, -0.2) is 0 Å². The first-order valence-electron chi connectivity index (χ1n) is 7.04. The van der Waals surface area contributed by atoms with Gasteiger partial charge in [0.1, 0.15) is 0 Å². The second kappa shape index (κ2) is 8.45. The molecular formula is C17H19ClN2O. The van der Waals surface area contributed by atoms with Crippen molar-refractivity contribution in [2.75, 3.05) is 18.4 Å². The van der Waals surface area contributed by atoms with Gasteiger partial charge in [0.2, 0.25) is 5.91 Å². The Kier molecular flexibility index (Phi) is 6.25. The number of rotatable bonds is 7. The van der Waals surface area contributed by atoms with Gasteiger partial charge in [-0.15, -0.1) is 0 Å². The molecule has 21 heavy (non-hydrogen) atoms. The summed E-state index contributed by atoms with van der Waals surface area (Å²) in [5.74, 6) is -0.00974. The maximum atomic E-state index is 11.8. The van der Waals surface area contributed by atoms with Crippen molar-refractivity contribution in [1.29, 1.82) is 0 Å². The monoisotopic (exact) mass is 302 g/mol. The van der Waals surface area contributed by atoms with Gasteiger partial charge in [-0.3, -0.25) is 4.79 Å². The largest absolute Gasteiger partial charge is 0.326 e. The first-order valence-corrected chi connectivity index (χ1v) is 7.42. The number of benzene rings is 2. The molecule has 2 N–H and O–H groups in total. The summed E-state index contributed by atoms with van der Waals surface area (Å²) >= 11 is 5.87. The highest BCUT2D eigenvalue weighted by atomic mass is 35.5. The van der Waals surface area contributed by atoms with Crippen molar-refractivity contribution in [2.45, 2.75) is 12.8 Å². The van der Waals surface area contributed by atoms with Crippen molar-refractivity contribution in [2.24, 2.45) is 0 Å². The van der Waals surface area contributed by atoms with E-state index in [1.165, 1.54) is 5.56 Å². The van der Waals surface area contributed by atoms with E-state index in [9.17, 15) is 4.79 Å². The predicted octanol–water partition coefficient (Wildman–Crippen LogP) is 3.50. The van der Waals surface area contributed by atoms with Crippen molar-refractivity contribution in [3.63, 3.8) is 0 Å². The van der Waals surface area contributed by atoms with Crippen LogP contribution in [0.4, 0.5) is 5.69 Å². The second-order valence-corrected chi connectivity index (χ2v) is 5.23. The number of nitrogens with one attached hydrogen (secondary N) is 2. The molecule has 3 nitrogen and oxygen atoms in total. The van der Waals surface area contributed by atoms with Gasteiger partial charge in [-0.05, 0) is 36.7 Å². The first-order chi connectivity index (χ1) is 10.2. The lowest BCUT2D eigenvalue weighted by molar-refractivity contribution is -0.116. The van der Waals surface area contributed by atoms with Gasteiger partial charge < -0.3 is 10.6 Å². The van der Waals surface area contributed by atoms with Crippen LogP contribution in [0.1, 0.15) is 12.0 Å². The average Bonchev–Trinajstić information content (AvgIpc) is 2.48. The van der Waals surface area contributed by atoms with Gasteiger partial charge >= 0.3 is 0 Å². The smallest absolute Gasteiger partial charge is 0.225 e. The maximum absolute atomic E-state index is 11.8. The van der Waals surface area contributed by atoms with E-state index >= 15 is 0 Å². The van der Waals surface area contributed by atoms with E-state index in [1.54, 1.807) is 12.1 Å². The molecule has 0 spiro atoms. The summed E-state index contributed by atoms with van der Waals surface area (Å²) in [5.41, 5.74) is 2.03. The van der Waals surface area contributed by atoms with Gasteiger partial charge in [0.05, 0.1) is 0 Å². The van der Waals surface area contributed by atoms with Crippen LogP contribution in [0.25, 0.3) is 0 Å². The fourth-order valence-electron chi connectivity index (χ4n) is 1.99. The Morgan fingerprint density at radius 2 is 1.81 bits per heavy atom. The van der Waals surface area contributed by atoms with Crippen LogP contribution in [-0.2, 0) is 11.2 Å². The van der Waals surface area contributed by atoms with E-state index in [-0.39, 0.29) is 5.91 Å². The molecule has 0 saturated heterocycles. The lowest BCUT2D eigenvalue weighted by Crippen LogP contribution is -2.23. The number of amides is 1. The van der Waals surface area contributed by atoms with Crippen LogP contribution in [0.2, 0.25) is 5.02 Å². The van der Waals surface area contributed by atoms with Crippen molar-refractivity contribution in [3.8, 4) is 0 Å². The van der Waals surface area contributed by atoms with Gasteiger partial charge in [-0.1, -0.05) is 48.0 Å². The molecule has 0 heterocycles. The number of anilines is 1. The Morgan fingerprint density at radius 3 is 2.57 bits per heavy atom. The number of hydrogen-bond acceptors (Lipinski definition) is 2. The highest BCUT2D eigenvalue weighted by Gasteiger charge is 2.02. The third kappa shape index (κ3) is 5.98. The van der Waals surface area contributed by atoms with Crippen molar-refractivity contribution in [1.82, 2.24) is 5.32 Å². The average molecular weight is 303 g/mol. The van der Waals surface area contributed by atoms with Crippen LogP contribution in [-0.4, -0.2) is 19.0 Å². The Bertz CT molecular complexity index is 572. The molecule has 2 rings (SSSR count). The Hall–Kier alpha value is -1.84. The fraction of sp³-hybridized carbons (Fsp3) is 0.235. The summed E-state index contributed by atoms with van der Waals surface area (Å²) in [5, 5.41) is 6.72. The second-order valence-electron chi connectivity index (χ2n) is 4.79. The Morgan fingerprint density at radius 1 is 1.00 bits per heavy atom. The number of halogens is 1. The number of carbonyl (C=O) groups excluding carboxylic acids is 1. The molecule has 0 saturated carbocycles. The van der Waals surface area contributed by atoms with Gasteiger partial charge in [0, 0.05) is 23.7 Å². The number of hydrogen-bond donors (Lipinski definition) is 2. The molecule has 0 aliphatic heterocycles. The van der Waals surface area contributed by atoms with Crippen LogP contribution in [0, 0.1) is 0 Å². The molecule has 0 aliphatic carbocycles. The molecular weight excluding hydrogens is 284 g/mol. The molecule has 2 aromatic carbocycles. The minimum Gasteiger partial charge on any atom is -0.326 e. The molecule has 1 amide bonds. The summed E-state index contributed by atoms with van der Waals surface area (Å²) in [6.07, 6.45) is 1.41. The zero-order chi connectivity index (χ0) is 14.9. The van der Waals surface area contributed by atoms with Crippen LogP contribution in [0.15, 0.2) is 54.6 Å². The van der Waals surface area contributed by atoms with E-state index in [0.717, 1.165) is 18.7 Å². The van der Waals surface area contributed by atoms with E-state index in [4.69, 9.17) is 11.6 Å².